The second-order valence-corrected chi connectivity index (χ2v) is 6.02. The van der Waals surface area contributed by atoms with E-state index in [1.807, 2.05) is 0 Å². The minimum absolute atomic E-state index is 0.901. The lowest BCUT2D eigenvalue weighted by atomic mass is 10.2. The molecule has 18 heavy (non-hydrogen) atoms. The number of rotatable bonds is 8. The van der Waals surface area contributed by atoms with E-state index in [9.17, 15) is 0 Å². The number of unbranched alkanes of at least 4 members (excludes halogenated alkanes) is 2. The summed E-state index contributed by atoms with van der Waals surface area (Å²) in [6, 6.07) is 6.70. The Hall–Kier alpha value is -0.0200. The van der Waals surface area contributed by atoms with Gasteiger partial charge in [-0.1, -0.05) is 64.6 Å². The van der Waals surface area contributed by atoms with E-state index >= 15 is 0 Å². The Labute approximate surface area is 128 Å². The number of anilines is 1. The molecule has 0 spiro atoms. The smallest absolute Gasteiger partial charge is 0.0377 e. The Morgan fingerprint density at radius 1 is 1.06 bits per heavy atom. The summed E-state index contributed by atoms with van der Waals surface area (Å²) >= 11 is 7.17. The van der Waals surface area contributed by atoms with E-state index in [0.29, 0.717) is 0 Å². The van der Waals surface area contributed by atoms with Crippen LogP contribution in [0.15, 0.2) is 22.7 Å². The SMILES string of the molecule is CCCCN(CCCC)c1ccc(CBr)c(Br)c1. The maximum absolute atomic E-state index is 3.66. The van der Waals surface area contributed by atoms with Crippen LogP contribution in [0.1, 0.15) is 45.1 Å². The van der Waals surface area contributed by atoms with Crippen LogP contribution in [-0.2, 0) is 5.33 Å². The molecule has 0 N–H and O–H groups in total. The summed E-state index contributed by atoms with van der Waals surface area (Å²) < 4.78 is 1.20. The van der Waals surface area contributed by atoms with Gasteiger partial charge in [0.2, 0.25) is 0 Å². The zero-order valence-corrected chi connectivity index (χ0v) is 14.6. The van der Waals surface area contributed by atoms with Gasteiger partial charge in [0.15, 0.2) is 0 Å². The average Bonchev–Trinajstić information content (AvgIpc) is 2.39. The maximum Gasteiger partial charge on any atom is 0.0377 e. The highest BCUT2D eigenvalue weighted by molar-refractivity contribution is 9.10. The molecule has 0 saturated heterocycles. The molecular weight excluding hydrogens is 354 g/mol. The molecule has 0 bridgehead atoms. The summed E-state index contributed by atoms with van der Waals surface area (Å²) in [6.07, 6.45) is 5.04. The Kier molecular flexibility index (Phi) is 8.00. The lowest BCUT2D eigenvalue weighted by Gasteiger charge is -2.25. The fraction of sp³-hybridized carbons (Fsp3) is 0.600. The van der Waals surface area contributed by atoms with Crippen LogP contribution in [0.4, 0.5) is 5.69 Å². The standard InChI is InChI=1S/C15H23Br2N/c1-3-5-9-18(10-6-4-2)14-8-7-13(12-16)15(17)11-14/h7-8,11H,3-6,9-10,12H2,1-2H3. The lowest BCUT2D eigenvalue weighted by Crippen LogP contribution is -2.25. The summed E-state index contributed by atoms with van der Waals surface area (Å²) in [5.74, 6) is 0. The largest absolute Gasteiger partial charge is 0.372 e. The molecule has 102 valence electrons. The second kappa shape index (κ2) is 8.98. The van der Waals surface area contributed by atoms with E-state index in [0.717, 1.165) is 18.4 Å². The number of alkyl halides is 1. The molecule has 1 rings (SSSR count). The molecule has 0 atom stereocenters. The van der Waals surface area contributed by atoms with Crippen LogP contribution in [0.2, 0.25) is 0 Å². The normalized spacial score (nSPS) is 10.7. The van der Waals surface area contributed by atoms with Gasteiger partial charge < -0.3 is 4.90 Å². The van der Waals surface area contributed by atoms with Crippen molar-refractivity contribution in [2.24, 2.45) is 0 Å². The third kappa shape index (κ3) is 4.93. The van der Waals surface area contributed by atoms with Crippen molar-refractivity contribution in [3.05, 3.63) is 28.2 Å². The van der Waals surface area contributed by atoms with Crippen molar-refractivity contribution in [1.29, 1.82) is 0 Å². The Balaban J connectivity index is 2.79. The third-order valence-electron chi connectivity index (χ3n) is 3.11. The molecule has 1 nitrogen and oxygen atoms in total. The Morgan fingerprint density at radius 2 is 1.67 bits per heavy atom. The van der Waals surface area contributed by atoms with Crippen LogP contribution in [0, 0.1) is 0 Å². The van der Waals surface area contributed by atoms with Crippen molar-refractivity contribution in [2.75, 3.05) is 18.0 Å². The van der Waals surface area contributed by atoms with Crippen molar-refractivity contribution in [1.82, 2.24) is 0 Å². The van der Waals surface area contributed by atoms with Crippen molar-refractivity contribution >= 4 is 37.5 Å². The molecule has 0 heterocycles. The predicted octanol–water partition coefficient (Wildman–Crippen LogP) is 5.75. The van der Waals surface area contributed by atoms with Crippen LogP contribution in [0.25, 0.3) is 0 Å². The molecule has 1 aromatic carbocycles. The van der Waals surface area contributed by atoms with Crippen molar-refractivity contribution in [3.8, 4) is 0 Å². The van der Waals surface area contributed by atoms with Crippen molar-refractivity contribution in [3.63, 3.8) is 0 Å². The van der Waals surface area contributed by atoms with Gasteiger partial charge in [-0.05, 0) is 30.5 Å². The van der Waals surface area contributed by atoms with Gasteiger partial charge in [0.1, 0.15) is 0 Å². The number of benzene rings is 1. The highest BCUT2D eigenvalue weighted by Crippen LogP contribution is 2.26. The molecule has 0 aliphatic heterocycles. The highest BCUT2D eigenvalue weighted by Gasteiger charge is 2.07. The van der Waals surface area contributed by atoms with E-state index in [1.54, 1.807) is 0 Å². The average molecular weight is 377 g/mol. The molecule has 3 heteroatoms. The number of halogens is 2. The molecule has 0 aliphatic carbocycles. The summed E-state index contributed by atoms with van der Waals surface area (Å²) in [6.45, 7) is 6.83. The van der Waals surface area contributed by atoms with Crippen LogP contribution in [0.3, 0.4) is 0 Å². The Bertz CT molecular complexity index is 344. The van der Waals surface area contributed by atoms with Crippen LogP contribution in [-0.4, -0.2) is 13.1 Å². The van der Waals surface area contributed by atoms with E-state index in [2.05, 4.69) is 68.8 Å². The van der Waals surface area contributed by atoms with Crippen molar-refractivity contribution < 1.29 is 0 Å². The molecular formula is C15H23Br2N. The molecule has 0 unspecified atom stereocenters. The van der Waals surface area contributed by atoms with E-state index in [-0.39, 0.29) is 0 Å². The zero-order chi connectivity index (χ0) is 13.4. The Morgan fingerprint density at radius 3 is 2.11 bits per heavy atom. The third-order valence-corrected chi connectivity index (χ3v) is 4.45. The van der Waals surface area contributed by atoms with E-state index in [1.165, 1.54) is 41.4 Å². The summed E-state index contributed by atoms with van der Waals surface area (Å²) in [7, 11) is 0. The van der Waals surface area contributed by atoms with E-state index < -0.39 is 0 Å². The monoisotopic (exact) mass is 375 g/mol. The van der Waals surface area contributed by atoms with Crippen LogP contribution in [0.5, 0.6) is 0 Å². The summed E-state index contributed by atoms with van der Waals surface area (Å²) in [5.41, 5.74) is 2.65. The zero-order valence-electron chi connectivity index (χ0n) is 11.4. The minimum atomic E-state index is 0.901. The van der Waals surface area contributed by atoms with Gasteiger partial charge in [-0.3, -0.25) is 0 Å². The molecule has 1 aromatic rings. The maximum atomic E-state index is 3.66. The molecule has 0 fully saturated rings. The minimum Gasteiger partial charge on any atom is -0.372 e. The number of hydrogen-bond donors (Lipinski definition) is 0. The number of hydrogen-bond acceptors (Lipinski definition) is 1. The summed E-state index contributed by atoms with van der Waals surface area (Å²) in [5, 5.41) is 0.901. The van der Waals surface area contributed by atoms with E-state index in [4.69, 9.17) is 0 Å². The molecule has 0 radical (unpaired) electrons. The highest BCUT2D eigenvalue weighted by atomic mass is 79.9. The van der Waals surface area contributed by atoms with Gasteiger partial charge in [-0.25, -0.2) is 0 Å². The second-order valence-electron chi connectivity index (χ2n) is 4.60. The van der Waals surface area contributed by atoms with Crippen LogP contribution >= 0.6 is 31.9 Å². The van der Waals surface area contributed by atoms with Gasteiger partial charge >= 0.3 is 0 Å². The molecule has 0 amide bonds. The molecule has 0 saturated carbocycles. The van der Waals surface area contributed by atoms with Gasteiger partial charge in [0, 0.05) is 28.6 Å². The summed E-state index contributed by atoms with van der Waals surface area (Å²) in [4.78, 5) is 2.51. The fourth-order valence-electron chi connectivity index (χ4n) is 1.91. The lowest BCUT2D eigenvalue weighted by molar-refractivity contribution is 0.678. The first-order valence-corrected chi connectivity index (χ1v) is 8.73. The van der Waals surface area contributed by atoms with Gasteiger partial charge in [0.05, 0.1) is 0 Å². The number of nitrogens with zero attached hydrogens (tertiary/aromatic N) is 1. The molecule has 0 aromatic heterocycles. The van der Waals surface area contributed by atoms with Crippen LogP contribution < -0.4 is 4.90 Å². The van der Waals surface area contributed by atoms with Gasteiger partial charge in [-0.2, -0.15) is 0 Å². The topological polar surface area (TPSA) is 3.24 Å². The van der Waals surface area contributed by atoms with Crippen molar-refractivity contribution in [2.45, 2.75) is 44.9 Å². The quantitative estimate of drug-likeness (QED) is 0.522. The fourth-order valence-corrected chi connectivity index (χ4v) is 3.28. The van der Waals surface area contributed by atoms with Gasteiger partial charge in [0.25, 0.3) is 0 Å². The first-order chi connectivity index (χ1) is 8.72. The predicted molar refractivity (Wildman–Crippen MR) is 88.8 cm³/mol. The first-order valence-electron chi connectivity index (χ1n) is 6.82. The first kappa shape index (κ1) is 16.0. The van der Waals surface area contributed by atoms with Gasteiger partial charge in [-0.15, -0.1) is 0 Å². The molecule has 0 aliphatic rings.